The van der Waals surface area contributed by atoms with Crippen LogP contribution in [0.4, 0.5) is 0 Å². The molecule has 0 amide bonds. The van der Waals surface area contributed by atoms with E-state index >= 15 is 0 Å². The van der Waals surface area contributed by atoms with Crippen molar-refractivity contribution in [2.24, 2.45) is 5.92 Å². The van der Waals surface area contributed by atoms with Gasteiger partial charge in [0, 0.05) is 6.42 Å². The molecule has 1 saturated heterocycles. The zero-order chi connectivity index (χ0) is 12.7. The van der Waals surface area contributed by atoms with E-state index in [9.17, 15) is 4.79 Å². The number of nitrogens with one attached hydrogen (secondary N) is 1. The van der Waals surface area contributed by atoms with Crippen LogP contribution in [-0.4, -0.2) is 24.7 Å². The first kappa shape index (κ1) is 14.5. The van der Waals surface area contributed by atoms with Crippen LogP contribution in [0.2, 0.25) is 0 Å². The largest absolute Gasteiger partial charge is 0.460 e. The Morgan fingerprint density at radius 2 is 1.88 bits per heavy atom. The lowest BCUT2D eigenvalue weighted by molar-refractivity contribution is -0.154. The van der Waals surface area contributed by atoms with Gasteiger partial charge in [-0.2, -0.15) is 0 Å². The van der Waals surface area contributed by atoms with Gasteiger partial charge >= 0.3 is 5.97 Å². The topological polar surface area (TPSA) is 38.3 Å². The van der Waals surface area contributed by atoms with E-state index in [0.717, 1.165) is 31.8 Å². The van der Waals surface area contributed by atoms with E-state index in [1.165, 1.54) is 19.3 Å². The lowest BCUT2D eigenvalue weighted by atomic mass is 9.92. The molecule has 0 aromatic rings. The maximum atomic E-state index is 11.5. The average Bonchev–Trinajstić information content (AvgIpc) is 2.23. The third-order valence-electron chi connectivity index (χ3n) is 3.12. The van der Waals surface area contributed by atoms with E-state index in [1.807, 2.05) is 20.8 Å². The van der Waals surface area contributed by atoms with Gasteiger partial charge in [-0.05, 0) is 59.0 Å². The van der Waals surface area contributed by atoms with Crippen molar-refractivity contribution in [1.29, 1.82) is 0 Å². The van der Waals surface area contributed by atoms with Gasteiger partial charge in [-0.3, -0.25) is 4.79 Å². The van der Waals surface area contributed by atoms with E-state index < -0.39 is 0 Å². The first-order valence-electron chi connectivity index (χ1n) is 6.90. The highest BCUT2D eigenvalue weighted by atomic mass is 16.6. The van der Waals surface area contributed by atoms with Crippen molar-refractivity contribution in [3.05, 3.63) is 0 Å². The highest BCUT2D eigenvalue weighted by Gasteiger charge is 2.16. The van der Waals surface area contributed by atoms with Crippen molar-refractivity contribution in [1.82, 2.24) is 5.32 Å². The third-order valence-corrected chi connectivity index (χ3v) is 3.12. The Kier molecular flexibility index (Phi) is 5.96. The fourth-order valence-electron chi connectivity index (χ4n) is 2.27. The Balaban J connectivity index is 2.01. The maximum Gasteiger partial charge on any atom is 0.306 e. The summed E-state index contributed by atoms with van der Waals surface area (Å²) in [5.41, 5.74) is -0.341. The summed E-state index contributed by atoms with van der Waals surface area (Å²) in [5, 5.41) is 3.37. The first-order chi connectivity index (χ1) is 7.97. The molecule has 0 saturated carbocycles. The van der Waals surface area contributed by atoms with E-state index in [1.54, 1.807) is 0 Å². The number of hydrogen-bond acceptors (Lipinski definition) is 3. The van der Waals surface area contributed by atoms with Crippen molar-refractivity contribution in [3.63, 3.8) is 0 Å². The van der Waals surface area contributed by atoms with Crippen LogP contribution < -0.4 is 5.32 Å². The molecule has 100 valence electrons. The minimum atomic E-state index is -0.341. The SMILES string of the molecule is CC(C)(C)OC(=O)CCCCC1CCNCC1. The monoisotopic (exact) mass is 241 g/mol. The molecule has 0 radical (unpaired) electrons. The molecule has 3 heteroatoms. The predicted octanol–water partition coefficient (Wildman–Crippen LogP) is 2.89. The summed E-state index contributed by atoms with van der Waals surface area (Å²) in [6.07, 6.45) is 6.56. The highest BCUT2D eigenvalue weighted by Crippen LogP contribution is 2.19. The van der Waals surface area contributed by atoms with E-state index in [-0.39, 0.29) is 11.6 Å². The molecule has 1 aliphatic rings. The molecule has 0 atom stereocenters. The summed E-state index contributed by atoms with van der Waals surface area (Å²) < 4.78 is 5.28. The van der Waals surface area contributed by atoms with Gasteiger partial charge in [-0.25, -0.2) is 0 Å². The molecule has 17 heavy (non-hydrogen) atoms. The minimum Gasteiger partial charge on any atom is -0.460 e. The number of ether oxygens (including phenoxy) is 1. The van der Waals surface area contributed by atoms with E-state index in [0.29, 0.717) is 6.42 Å². The number of carbonyl (C=O) groups is 1. The second kappa shape index (κ2) is 7.00. The molecular weight excluding hydrogens is 214 g/mol. The van der Waals surface area contributed by atoms with Crippen LogP contribution in [0.3, 0.4) is 0 Å². The van der Waals surface area contributed by atoms with Gasteiger partial charge in [0.25, 0.3) is 0 Å². The third kappa shape index (κ3) is 7.37. The summed E-state index contributed by atoms with van der Waals surface area (Å²) in [4.78, 5) is 11.5. The number of unbranched alkanes of at least 4 members (excludes halogenated alkanes) is 1. The fourth-order valence-corrected chi connectivity index (χ4v) is 2.27. The Labute approximate surface area is 105 Å². The summed E-state index contributed by atoms with van der Waals surface area (Å²) >= 11 is 0. The Morgan fingerprint density at radius 3 is 2.47 bits per heavy atom. The average molecular weight is 241 g/mol. The lowest BCUT2D eigenvalue weighted by Gasteiger charge is -2.22. The summed E-state index contributed by atoms with van der Waals surface area (Å²) in [6.45, 7) is 8.08. The van der Waals surface area contributed by atoms with Crippen LogP contribution in [0, 0.1) is 5.92 Å². The summed E-state index contributed by atoms with van der Waals surface area (Å²) in [7, 11) is 0. The zero-order valence-corrected chi connectivity index (χ0v) is 11.6. The van der Waals surface area contributed by atoms with Gasteiger partial charge in [0.15, 0.2) is 0 Å². The normalized spacial score (nSPS) is 18.1. The molecule has 1 rings (SSSR count). The fraction of sp³-hybridized carbons (Fsp3) is 0.929. The van der Waals surface area contributed by atoms with E-state index in [2.05, 4.69) is 5.32 Å². The summed E-state index contributed by atoms with van der Waals surface area (Å²) in [6, 6.07) is 0. The van der Waals surface area contributed by atoms with Crippen molar-refractivity contribution >= 4 is 5.97 Å². The van der Waals surface area contributed by atoms with Gasteiger partial charge in [-0.15, -0.1) is 0 Å². The van der Waals surface area contributed by atoms with Crippen LogP contribution in [0.15, 0.2) is 0 Å². The van der Waals surface area contributed by atoms with Crippen LogP contribution in [-0.2, 0) is 9.53 Å². The number of carbonyl (C=O) groups excluding carboxylic acids is 1. The Morgan fingerprint density at radius 1 is 1.24 bits per heavy atom. The van der Waals surface area contributed by atoms with Crippen molar-refractivity contribution in [2.75, 3.05) is 13.1 Å². The molecule has 1 N–H and O–H groups in total. The molecule has 0 unspecified atom stereocenters. The van der Waals surface area contributed by atoms with Crippen molar-refractivity contribution < 1.29 is 9.53 Å². The number of hydrogen-bond donors (Lipinski definition) is 1. The van der Waals surface area contributed by atoms with Gasteiger partial charge < -0.3 is 10.1 Å². The van der Waals surface area contributed by atoms with Crippen LogP contribution in [0.5, 0.6) is 0 Å². The van der Waals surface area contributed by atoms with Gasteiger partial charge in [0.2, 0.25) is 0 Å². The second-order valence-electron chi connectivity index (χ2n) is 6.03. The van der Waals surface area contributed by atoms with Gasteiger partial charge in [0.1, 0.15) is 5.60 Å². The quantitative estimate of drug-likeness (QED) is 0.594. The zero-order valence-electron chi connectivity index (χ0n) is 11.6. The molecule has 0 bridgehead atoms. The number of piperidine rings is 1. The minimum absolute atomic E-state index is 0.0530. The Bertz CT molecular complexity index is 227. The molecule has 1 fully saturated rings. The molecule has 1 heterocycles. The highest BCUT2D eigenvalue weighted by molar-refractivity contribution is 5.69. The number of esters is 1. The molecule has 0 aromatic heterocycles. The predicted molar refractivity (Wildman–Crippen MR) is 69.9 cm³/mol. The smallest absolute Gasteiger partial charge is 0.306 e. The summed E-state index contributed by atoms with van der Waals surface area (Å²) in [5.74, 6) is 0.817. The molecule has 0 spiro atoms. The standard InChI is InChI=1S/C14H27NO2/c1-14(2,3)17-13(16)7-5-4-6-12-8-10-15-11-9-12/h12,15H,4-11H2,1-3H3. The Hall–Kier alpha value is -0.570. The maximum absolute atomic E-state index is 11.5. The lowest BCUT2D eigenvalue weighted by Crippen LogP contribution is -2.27. The van der Waals surface area contributed by atoms with Gasteiger partial charge in [0.05, 0.1) is 0 Å². The van der Waals surface area contributed by atoms with Gasteiger partial charge in [-0.1, -0.05) is 12.8 Å². The van der Waals surface area contributed by atoms with Crippen molar-refractivity contribution in [2.45, 2.75) is 64.9 Å². The first-order valence-corrected chi connectivity index (χ1v) is 6.90. The second-order valence-corrected chi connectivity index (χ2v) is 6.03. The molecule has 3 nitrogen and oxygen atoms in total. The van der Waals surface area contributed by atoms with Crippen LogP contribution >= 0.6 is 0 Å². The van der Waals surface area contributed by atoms with Crippen LogP contribution in [0.25, 0.3) is 0 Å². The molecule has 1 aliphatic heterocycles. The van der Waals surface area contributed by atoms with Crippen LogP contribution in [0.1, 0.15) is 59.3 Å². The molecular formula is C14H27NO2. The van der Waals surface area contributed by atoms with E-state index in [4.69, 9.17) is 4.74 Å². The number of rotatable bonds is 5. The molecule has 0 aromatic carbocycles. The van der Waals surface area contributed by atoms with Crippen molar-refractivity contribution in [3.8, 4) is 0 Å². The molecule has 0 aliphatic carbocycles.